The molecule has 0 unspecified atom stereocenters. The molecule has 2 aliphatic rings. The summed E-state index contributed by atoms with van der Waals surface area (Å²) in [5.74, 6) is 0. The third kappa shape index (κ3) is 0.419. The molecule has 0 atom stereocenters. The van der Waals surface area contributed by atoms with Gasteiger partial charge in [-0.15, -0.1) is 0 Å². The van der Waals surface area contributed by atoms with Crippen molar-refractivity contribution in [2.24, 2.45) is 0 Å². The highest BCUT2D eigenvalue weighted by molar-refractivity contribution is 5.19. The predicted octanol–water partition coefficient (Wildman–Crippen LogP) is -0.622. The fraction of sp³-hybridized carbons (Fsp3) is 0.600. The van der Waals surface area contributed by atoms with Crippen LogP contribution in [0.25, 0.3) is 0 Å². The third-order valence-corrected chi connectivity index (χ3v) is 1.46. The zero-order chi connectivity index (χ0) is 5.40. The summed E-state index contributed by atoms with van der Waals surface area (Å²) in [4.78, 5) is 0. The molecule has 0 aromatic heterocycles. The van der Waals surface area contributed by atoms with E-state index >= 15 is 0 Å². The Morgan fingerprint density at radius 3 is 2.38 bits per heavy atom. The van der Waals surface area contributed by atoms with E-state index in [1.807, 2.05) is 0 Å². The lowest BCUT2D eigenvalue weighted by molar-refractivity contribution is 0.195. The molecular weight excluding hydrogens is 104 g/mol. The van der Waals surface area contributed by atoms with E-state index in [4.69, 9.17) is 4.74 Å². The summed E-state index contributed by atoms with van der Waals surface area (Å²) < 4.78 is 5.11. The van der Waals surface area contributed by atoms with Gasteiger partial charge in [-0.3, -0.25) is 0 Å². The van der Waals surface area contributed by atoms with Gasteiger partial charge in [0.05, 0.1) is 31.3 Å². The van der Waals surface area contributed by atoms with Gasteiger partial charge in [-0.25, -0.2) is 0 Å². The molecule has 2 heterocycles. The first kappa shape index (κ1) is 4.21. The van der Waals surface area contributed by atoms with Crippen molar-refractivity contribution >= 4 is 0 Å². The van der Waals surface area contributed by atoms with Crippen LogP contribution in [0.4, 0.5) is 0 Å². The first-order valence-electron chi connectivity index (χ1n) is 2.74. The van der Waals surface area contributed by atoms with Crippen LogP contribution in [0.2, 0.25) is 0 Å². The summed E-state index contributed by atoms with van der Waals surface area (Å²) in [6, 6.07) is 0. The molecule has 0 radical (unpaired) electrons. The molecule has 0 saturated carbocycles. The Morgan fingerprint density at radius 2 is 1.75 bits per heavy atom. The van der Waals surface area contributed by atoms with Crippen LogP contribution in [-0.2, 0) is 4.74 Å². The zero-order valence-corrected chi connectivity index (χ0v) is 4.53. The van der Waals surface area contributed by atoms with E-state index in [9.17, 15) is 0 Å². The lowest BCUT2D eigenvalue weighted by Crippen LogP contribution is -2.19. The van der Waals surface area contributed by atoms with Crippen molar-refractivity contribution in [3.05, 3.63) is 11.4 Å². The van der Waals surface area contributed by atoms with Crippen LogP contribution in [0.15, 0.2) is 11.4 Å². The smallest absolute Gasteiger partial charge is 0.0886 e. The Bertz CT molecular complexity index is 113. The van der Waals surface area contributed by atoms with Crippen LogP contribution >= 0.6 is 0 Å². The Morgan fingerprint density at radius 1 is 1.12 bits per heavy atom. The summed E-state index contributed by atoms with van der Waals surface area (Å²) in [5, 5.41) is 6.32. The third-order valence-electron chi connectivity index (χ3n) is 1.46. The molecule has 0 fully saturated rings. The van der Waals surface area contributed by atoms with Crippen molar-refractivity contribution in [3.8, 4) is 0 Å². The van der Waals surface area contributed by atoms with Gasteiger partial charge in [-0.1, -0.05) is 0 Å². The summed E-state index contributed by atoms with van der Waals surface area (Å²) in [6.07, 6.45) is 0. The van der Waals surface area contributed by atoms with E-state index in [0.29, 0.717) is 0 Å². The van der Waals surface area contributed by atoms with Crippen LogP contribution in [0, 0.1) is 0 Å². The topological polar surface area (TPSA) is 33.3 Å². The van der Waals surface area contributed by atoms with Gasteiger partial charge in [-0.05, 0) is 0 Å². The maximum Gasteiger partial charge on any atom is 0.0886 e. The second-order valence-electron chi connectivity index (χ2n) is 1.98. The van der Waals surface area contributed by atoms with Crippen LogP contribution in [0.1, 0.15) is 0 Å². The molecule has 0 bridgehead atoms. The normalized spacial score (nSPS) is 25.0. The van der Waals surface area contributed by atoms with Crippen LogP contribution in [-0.4, -0.2) is 19.9 Å². The number of ether oxygens (including phenoxy) is 1. The molecule has 3 heteroatoms. The highest BCUT2D eigenvalue weighted by Gasteiger charge is 2.18. The Balaban J connectivity index is 2.23. The minimum Gasteiger partial charge on any atom is -0.369 e. The number of nitrogens with one attached hydrogen (secondary N) is 2. The first-order valence-corrected chi connectivity index (χ1v) is 2.74. The van der Waals surface area contributed by atoms with E-state index in [1.54, 1.807) is 0 Å². The molecular formula is C5H8N2O. The van der Waals surface area contributed by atoms with Crippen molar-refractivity contribution in [3.63, 3.8) is 0 Å². The SMILES string of the molecule is C1NC2=C(COC2)N1. The number of rotatable bonds is 0. The van der Waals surface area contributed by atoms with Gasteiger partial charge >= 0.3 is 0 Å². The fourth-order valence-electron chi connectivity index (χ4n) is 1.00. The Labute approximate surface area is 47.7 Å². The molecule has 0 amide bonds. The van der Waals surface area contributed by atoms with Crippen molar-refractivity contribution in [1.82, 2.24) is 10.6 Å². The molecule has 0 spiro atoms. The molecule has 3 nitrogen and oxygen atoms in total. The quantitative estimate of drug-likeness (QED) is 0.438. The van der Waals surface area contributed by atoms with Crippen molar-refractivity contribution in [2.45, 2.75) is 0 Å². The largest absolute Gasteiger partial charge is 0.369 e. The van der Waals surface area contributed by atoms with Gasteiger partial charge in [-0.2, -0.15) is 0 Å². The standard InChI is InChI=1S/C5H8N2O/c1-4-5(2-8-1)7-3-6-4/h6-7H,1-3H2. The molecule has 8 heavy (non-hydrogen) atoms. The van der Waals surface area contributed by atoms with Gasteiger partial charge in [0.15, 0.2) is 0 Å². The first-order chi connectivity index (χ1) is 3.97. The van der Waals surface area contributed by atoms with Crippen LogP contribution in [0.3, 0.4) is 0 Å². The van der Waals surface area contributed by atoms with E-state index in [1.165, 1.54) is 11.4 Å². The van der Waals surface area contributed by atoms with E-state index in [0.717, 1.165) is 19.9 Å². The fourth-order valence-corrected chi connectivity index (χ4v) is 1.00. The van der Waals surface area contributed by atoms with Crippen LogP contribution in [0.5, 0.6) is 0 Å². The average Bonchev–Trinajstić information content (AvgIpc) is 2.15. The summed E-state index contributed by atoms with van der Waals surface area (Å²) in [7, 11) is 0. The maximum atomic E-state index is 5.11. The molecule has 44 valence electrons. The van der Waals surface area contributed by atoms with E-state index in [-0.39, 0.29) is 0 Å². The zero-order valence-electron chi connectivity index (χ0n) is 4.53. The molecule has 2 rings (SSSR count). The summed E-state index contributed by atoms with van der Waals surface area (Å²) in [6.45, 7) is 2.42. The molecule has 0 saturated heterocycles. The summed E-state index contributed by atoms with van der Waals surface area (Å²) >= 11 is 0. The van der Waals surface area contributed by atoms with E-state index < -0.39 is 0 Å². The molecule has 0 aromatic carbocycles. The van der Waals surface area contributed by atoms with Crippen molar-refractivity contribution in [2.75, 3.05) is 19.9 Å². The van der Waals surface area contributed by atoms with Crippen LogP contribution < -0.4 is 10.6 Å². The van der Waals surface area contributed by atoms with Gasteiger partial charge in [0.25, 0.3) is 0 Å². The number of hydrogen-bond donors (Lipinski definition) is 2. The second kappa shape index (κ2) is 1.39. The second-order valence-corrected chi connectivity index (χ2v) is 1.98. The highest BCUT2D eigenvalue weighted by atomic mass is 16.5. The molecule has 2 aliphatic heterocycles. The maximum absolute atomic E-state index is 5.11. The molecule has 0 aromatic rings. The molecule has 2 N–H and O–H groups in total. The minimum absolute atomic E-state index is 0.766. The Hall–Kier alpha value is -0.700. The van der Waals surface area contributed by atoms with Gasteiger partial charge < -0.3 is 15.4 Å². The minimum atomic E-state index is 0.766. The van der Waals surface area contributed by atoms with E-state index in [2.05, 4.69) is 10.6 Å². The highest BCUT2D eigenvalue weighted by Crippen LogP contribution is 2.10. The summed E-state index contributed by atoms with van der Waals surface area (Å²) in [5.41, 5.74) is 2.48. The van der Waals surface area contributed by atoms with Gasteiger partial charge in [0, 0.05) is 0 Å². The lowest BCUT2D eigenvalue weighted by atomic mass is 10.4. The Kier molecular flexibility index (Phi) is 0.729. The predicted molar refractivity (Wildman–Crippen MR) is 29.0 cm³/mol. The monoisotopic (exact) mass is 112 g/mol. The van der Waals surface area contributed by atoms with Crippen molar-refractivity contribution < 1.29 is 4.74 Å². The molecule has 0 aliphatic carbocycles. The van der Waals surface area contributed by atoms with Crippen molar-refractivity contribution in [1.29, 1.82) is 0 Å². The lowest BCUT2D eigenvalue weighted by Gasteiger charge is -1.98. The number of hydrogen-bond acceptors (Lipinski definition) is 3. The average molecular weight is 112 g/mol. The van der Waals surface area contributed by atoms with Gasteiger partial charge in [0.1, 0.15) is 0 Å². The van der Waals surface area contributed by atoms with Gasteiger partial charge in [0.2, 0.25) is 0 Å².